The van der Waals surface area contributed by atoms with Gasteiger partial charge in [-0.05, 0) is 44.0 Å². The fourth-order valence-corrected chi connectivity index (χ4v) is 1.68. The molecule has 0 aromatic heterocycles. The third-order valence-electron chi connectivity index (χ3n) is 2.74. The summed E-state index contributed by atoms with van der Waals surface area (Å²) >= 11 is 0. The van der Waals surface area contributed by atoms with Crippen molar-refractivity contribution in [2.24, 2.45) is 0 Å². The number of benzene rings is 1. The molecule has 0 heterocycles. The largest absolute Gasteiger partial charge is 0.497 e. The van der Waals surface area contributed by atoms with Crippen LogP contribution < -0.4 is 10.1 Å². The number of carbonyl (C=O) groups excluding carboxylic acids is 1. The number of carbonyl (C=O) groups is 1. The van der Waals surface area contributed by atoms with E-state index in [9.17, 15) is 4.79 Å². The first-order valence-corrected chi connectivity index (χ1v) is 6.20. The minimum Gasteiger partial charge on any atom is -0.497 e. The molecule has 1 aromatic rings. The molecule has 0 aliphatic carbocycles. The number of hydrogen-bond donors (Lipinski definition) is 1. The molecule has 0 saturated carbocycles. The molecule has 0 fully saturated rings. The summed E-state index contributed by atoms with van der Waals surface area (Å²) in [5.41, 5.74) is 1.97. The van der Waals surface area contributed by atoms with E-state index in [4.69, 9.17) is 9.47 Å². The van der Waals surface area contributed by atoms with Crippen molar-refractivity contribution >= 4 is 11.7 Å². The van der Waals surface area contributed by atoms with Crippen LogP contribution in [0.3, 0.4) is 0 Å². The Bertz CT molecular complexity index is 404. The highest BCUT2D eigenvalue weighted by Crippen LogP contribution is 2.22. The Morgan fingerprint density at radius 2 is 2.11 bits per heavy atom. The predicted molar refractivity (Wildman–Crippen MR) is 72.1 cm³/mol. The van der Waals surface area contributed by atoms with Crippen molar-refractivity contribution in [1.82, 2.24) is 0 Å². The molecule has 0 amide bonds. The van der Waals surface area contributed by atoms with Crippen molar-refractivity contribution in [3.63, 3.8) is 0 Å². The van der Waals surface area contributed by atoms with Gasteiger partial charge in [0.15, 0.2) is 0 Å². The van der Waals surface area contributed by atoms with Crippen LogP contribution in [0.25, 0.3) is 0 Å². The summed E-state index contributed by atoms with van der Waals surface area (Å²) in [4.78, 5) is 11.7. The lowest BCUT2D eigenvalue weighted by Gasteiger charge is -2.18. The van der Waals surface area contributed by atoms with Gasteiger partial charge in [0.1, 0.15) is 11.8 Å². The number of hydrogen-bond acceptors (Lipinski definition) is 4. The van der Waals surface area contributed by atoms with Gasteiger partial charge in [0.05, 0.1) is 13.7 Å². The van der Waals surface area contributed by atoms with Gasteiger partial charge in [-0.15, -0.1) is 0 Å². The highest BCUT2D eigenvalue weighted by molar-refractivity contribution is 5.79. The van der Waals surface area contributed by atoms with Crippen molar-refractivity contribution in [2.75, 3.05) is 19.0 Å². The van der Waals surface area contributed by atoms with Gasteiger partial charge in [-0.1, -0.05) is 6.92 Å². The maximum absolute atomic E-state index is 11.7. The summed E-state index contributed by atoms with van der Waals surface area (Å²) in [5, 5.41) is 3.20. The number of ether oxygens (including phenoxy) is 2. The number of esters is 1. The Kier molecular flexibility index (Phi) is 5.49. The van der Waals surface area contributed by atoms with Gasteiger partial charge in [0.25, 0.3) is 0 Å². The van der Waals surface area contributed by atoms with E-state index < -0.39 is 0 Å². The van der Waals surface area contributed by atoms with Gasteiger partial charge < -0.3 is 14.8 Å². The SMILES string of the molecule is CCOC(=O)C(CC)Nc1ccc(OC)cc1C. The Morgan fingerprint density at radius 3 is 2.61 bits per heavy atom. The van der Waals surface area contributed by atoms with E-state index in [0.717, 1.165) is 17.0 Å². The number of aryl methyl sites for hydroxylation is 1. The molecular weight excluding hydrogens is 230 g/mol. The Labute approximate surface area is 108 Å². The minimum atomic E-state index is -0.308. The van der Waals surface area contributed by atoms with Crippen LogP contribution in [0.4, 0.5) is 5.69 Å². The number of rotatable bonds is 6. The summed E-state index contributed by atoms with van der Waals surface area (Å²) in [5.74, 6) is 0.595. The van der Waals surface area contributed by atoms with E-state index in [0.29, 0.717) is 13.0 Å². The van der Waals surface area contributed by atoms with Crippen molar-refractivity contribution < 1.29 is 14.3 Å². The van der Waals surface area contributed by atoms with Crippen LogP contribution in [0.2, 0.25) is 0 Å². The lowest BCUT2D eigenvalue weighted by molar-refractivity contribution is -0.144. The topological polar surface area (TPSA) is 47.6 Å². The van der Waals surface area contributed by atoms with Gasteiger partial charge in [-0.2, -0.15) is 0 Å². The van der Waals surface area contributed by atoms with Gasteiger partial charge in [-0.25, -0.2) is 4.79 Å². The predicted octanol–water partition coefficient (Wildman–Crippen LogP) is 2.76. The lowest BCUT2D eigenvalue weighted by Crippen LogP contribution is -2.30. The zero-order valence-corrected chi connectivity index (χ0v) is 11.4. The van der Waals surface area contributed by atoms with Crippen LogP contribution in [0.5, 0.6) is 5.75 Å². The van der Waals surface area contributed by atoms with Crippen LogP contribution in [-0.4, -0.2) is 25.7 Å². The van der Waals surface area contributed by atoms with Crippen LogP contribution in [0, 0.1) is 6.92 Å². The standard InChI is InChI=1S/C14H21NO3/c1-5-12(14(16)18-6-2)15-13-8-7-11(17-4)9-10(13)3/h7-9,12,15H,5-6H2,1-4H3. The summed E-state index contributed by atoms with van der Waals surface area (Å²) in [6.45, 7) is 6.14. The first-order valence-electron chi connectivity index (χ1n) is 6.20. The quantitative estimate of drug-likeness (QED) is 0.790. The molecule has 1 aromatic carbocycles. The van der Waals surface area contributed by atoms with Gasteiger partial charge in [0, 0.05) is 5.69 Å². The fourth-order valence-electron chi connectivity index (χ4n) is 1.68. The molecule has 1 atom stereocenters. The first-order chi connectivity index (χ1) is 8.62. The molecule has 0 aliphatic rings. The third-order valence-corrected chi connectivity index (χ3v) is 2.74. The molecule has 100 valence electrons. The summed E-state index contributed by atoms with van der Waals surface area (Å²) in [7, 11) is 1.63. The zero-order valence-electron chi connectivity index (χ0n) is 11.4. The molecule has 0 aliphatic heterocycles. The average molecular weight is 251 g/mol. The Hall–Kier alpha value is -1.71. The zero-order chi connectivity index (χ0) is 13.5. The van der Waals surface area contributed by atoms with Crippen LogP contribution in [-0.2, 0) is 9.53 Å². The minimum absolute atomic E-state index is 0.213. The average Bonchev–Trinajstić information content (AvgIpc) is 2.37. The summed E-state index contributed by atoms with van der Waals surface area (Å²) in [6.07, 6.45) is 0.685. The second-order valence-electron chi connectivity index (χ2n) is 4.04. The monoisotopic (exact) mass is 251 g/mol. The highest BCUT2D eigenvalue weighted by Gasteiger charge is 2.17. The number of methoxy groups -OCH3 is 1. The lowest BCUT2D eigenvalue weighted by atomic mass is 10.1. The molecule has 0 bridgehead atoms. The number of anilines is 1. The van der Waals surface area contributed by atoms with Gasteiger partial charge >= 0.3 is 5.97 Å². The highest BCUT2D eigenvalue weighted by atomic mass is 16.5. The van der Waals surface area contributed by atoms with E-state index in [2.05, 4.69) is 5.32 Å². The maximum Gasteiger partial charge on any atom is 0.328 e. The summed E-state index contributed by atoms with van der Waals surface area (Å²) in [6, 6.07) is 5.40. The molecule has 1 rings (SSSR count). The van der Waals surface area contributed by atoms with Crippen LogP contribution in [0.15, 0.2) is 18.2 Å². The molecule has 0 radical (unpaired) electrons. The van der Waals surface area contributed by atoms with E-state index in [1.807, 2.05) is 39.0 Å². The molecule has 4 nitrogen and oxygen atoms in total. The Balaban J connectivity index is 2.78. The Morgan fingerprint density at radius 1 is 1.39 bits per heavy atom. The van der Waals surface area contributed by atoms with Crippen LogP contribution in [0.1, 0.15) is 25.8 Å². The van der Waals surface area contributed by atoms with Gasteiger partial charge in [-0.3, -0.25) is 0 Å². The molecule has 4 heteroatoms. The molecular formula is C14H21NO3. The second kappa shape index (κ2) is 6.89. The molecule has 1 N–H and O–H groups in total. The van der Waals surface area contributed by atoms with E-state index in [-0.39, 0.29) is 12.0 Å². The molecule has 0 saturated heterocycles. The van der Waals surface area contributed by atoms with Crippen molar-refractivity contribution in [2.45, 2.75) is 33.2 Å². The maximum atomic E-state index is 11.7. The van der Waals surface area contributed by atoms with Gasteiger partial charge in [0.2, 0.25) is 0 Å². The van der Waals surface area contributed by atoms with Crippen molar-refractivity contribution in [3.8, 4) is 5.75 Å². The second-order valence-corrected chi connectivity index (χ2v) is 4.04. The van der Waals surface area contributed by atoms with E-state index in [1.165, 1.54) is 0 Å². The van der Waals surface area contributed by atoms with Crippen molar-refractivity contribution in [3.05, 3.63) is 23.8 Å². The normalized spacial score (nSPS) is 11.8. The third kappa shape index (κ3) is 3.65. The molecule has 0 spiro atoms. The number of nitrogens with one attached hydrogen (secondary N) is 1. The van der Waals surface area contributed by atoms with Crippen molar-refractivity contribution in [1.29, 1.82) is 0 Å². The first kappa shape index (κ1) is 14.4. The smallest absolute Gasteiger partial charge is 0.328 e. The van der Waals surface area contributed by atoms with Crippen LogP contribution >= 0.6 is 0 Å². The fraction of sp³-hybridized carbons (Fsp3) is 0.500. The van der Waals surface area contributed by atoms with E-state index >= 15 is 0 Å². The molecule has 18 heavy (non-hydrogen) atoms. The molecule has 1 unspecified atom stereocenters. The summed E-state index contributed by atoms with van der Waals surface area (Å²) < 4.78 is 10.2. The van der Waals surface area contributed by atoms with E-state index in [1.54, 1.807) is 7.11 Å².